The molecule has 1 rings (SSSR count). The molecule has 0 spiro atoms. The van der Waals surface area contributed by atoms with Gasteiger partial charge in [0.1, 0.15) is 0 Å². The van der Waals surface area contributed by atoms with Crippen LogP contribution in [0.15, 0.2) is 0 Å². The molecule has 1 N–H and O–H groups in total. The fourth-order valence-electron chi connectivity index (χ4n) is 3.56. The third-order valence-electron chi connectivity index (χ3n) is 5.79. The predicted molar refractivity (Wildman–Crippen MR) is 109 cm³/mol. The van der Waals surface area contributed by atoms with Crippen LogP contribution in [0.1, 0.15) is 48.5 Å². The Morgan fingerprint density at radius 3 is 2.07 bits per heavy atom. The molecule has 1 heterocycles. The lowest BCUT2D eigenvalue weighted by Gasteiger charge is -2.45. The maximum Gasteiger partial charge on any atom is 0.508 e. The van der Waals surface area contributed by atoms with Gasteiger partial charge in [0.25, 0.3) is 0 Å². The Hall–Kier alpha value is -1.41. The van der Waals surface area contributed by atoms with Crippen LogP contribution in [0.3, 0.4) is 0 Å². The van der Waals surface area contributed by atoms with E-state index in [9.17, 15) is 14.4 Å². The Morgan fingerprint density at radius 2 is 1.61 bits per heavy atom. The van der Waals surface area contributed by atoms with E-state index < -0.39 is 20.4 Å². The highest BCUT2D eigenvalue weighted by Crippen LogP contribution is 2.32. The second-order valence-corrected chi connectivity index (χ2v) is 12.8. The van der Waals surface area contributed by atoms with Gasteiger partial charge in [-0.1, -0.05) is 41.5 Å². The third-order valence-corrected chi connectivity index (χ3v) is 10.5. The van der Waals surface area contributed by atoms with Crippen LogP contribution < -0.4 is 5.32 Å². The normalized spacial score (nSPS) is 21.5. The maximum atomic E-state index is 12.4. The smallest absolute Gasteiger partial charge is 0.434 e. The molecule has 0 aromatic heterocycles. The summed E-state index contributed by atoms with van der Waals surface area (Å²) in [5, 5.41) is 2.83. The molecular weight excluding hydrogens is 378 g/mol. The van der Waals surface area contributed by atoms with Crippen LogP contribution in [0.25, 0.3) is 0 Å². The van der Waals surface area contributed by atoms with Gasteiger partial charge in [-0.05, 0) is 31.0 Å². The van der Waals surface area contributed by atoms with Crippen molar-refractivity contribution in [2.24, 2.45) is 17.8 Å². The minimum Gasteiger partial charge on any atom is -0.434 e. The van der Waals surface area contributed by atoms with Gasteiger partial charge in [0.2, 0.25) is 5.91 Å². The van der Waals surface area contributed by atoms with Gasteiger partial charge < -0.3 is 19.2 Å². The maximum absolute atomic E-state index is 12.4. The minimum absolute atomic E-state index is 0.0828. The van der Waals surface area contributed by atoms with Gasteiger partial charge in [0.15, 0.2) is 20.7 Å². The standard InChI is InChI=1S/C20H37NO6Si/c1-8-28(9-2,10-3)27-15(7)17-18(21-19(17)23)14(6)16(22)12-26-20(24)25-11-13(4)5/h13-15,17-18H,8-12H2,1-7H3,(H,21,23)/t14-,15+,17+,18+/m0/s1. The molecule has 7 nitrogen and oxygen atoms in total. The Morgan fingerprint density at radius 1 is 1.04 bits per heavy atom. The third kappa shape index (κ3) is 6.30. The number of β-lactam (4-membered cyclic amide) rings is 1. The van der Waals surface area contributed by atoms with Crippen LogP contribution in [0.2, 0.25) is 18.1 Å². The zero-order chi connectivity index (χ0) is 21.5. The number of carbonyl (C=O) groups is 3. The summed E-state index contributed by atoms with van der Waals surface area (Å²) < 4.78 is 16.2. The SMILES string of the molecule is CC[Si](CC)(CC)O[C@H](C)[C@H]1C(=O)N[C@@H]1[C@@H](C)C(=O)COC(=O)OCC(C)C. The molecule has 4 atom stereocenters. The van der Waals surface area contributed by atoms with Crippen molar-refractivity contribution in [1.82, 2.24) is 5.32 Å². The van der Waals surface area contributed by atoms with Gasteiger partial charge in [-0.15, -0.1) is 0 Å². The lowest BCUT2D eigenvalue weighted by molar-refractivity contribution is -0.145. The second-order valence-electron chi connectivity index (χ2n) is 8.13. The summed E-state index contributed by atoms with van der Waals surface area (Å²) in [4.78, 5) is 36.1. The van der Waals surface area contributed by atoms with Crippen molar-refractivity contribution in [3.63, 3.8) is 0 Å². The van der Waals surface area contributed by atoms with Crippen molar-refractivity contribution < 1.29 is 28.3 Å². The number of amides is 1. The average molecular weight is 416 g/mol. The largest absolute Gasteiger partial charge is 0.508 e. The number of rotatable bonds is 12. The highest BCUT2D eigenvalue weighted by molar-refractivity contribution is 6.73. The van der Waals surface area contributed by atoms with Crippen LogP contribution in [0.4, 0.5) is 4.79 Å². The second kappa shape index (κ2) is 10.9. The zero-order valence-corrected chi connectivity index (χ0v) is 19.4. The highest BCUT2D eigenvalue weighted by atomic mass is 28.4. The topological polar surface area (TPSA) is 90.9 Å². The van der Waals surface area contributed by atoms with Gasteiger partial charge in [0.05, 0.1) is 24.7 Å². The fraction of sp³-hybridized carbons (Fsp3) is 0.850. The van der Waals surface area contributed by atoms with Gasteiger partial charge in [-0.3, -0.25) is 9.59 Å². The van der Waals surface area contributed by atoms with Crippen molar-refractivity contribution in [3.05, 3.63) is 0 Å². The molecule has 1 fully saturated rings. The first-order valence-corrected chi connectivity index (χ1v) is 12.9. The Balaban J connectivity index is 2.62. The molecule has 0 unspecified atom stereocenters. The van der Waals surface area contributed by atoms with Crippen molar-refractivity contribution in [3.8, 4) is 0 Å². The number of Topliss-reactive ketones (excluding diaryl/α,β-unsaturated/α-hetero) is 1. The van der Waals surface area contributed by atoms with E-state index in [-0.39, 0.29) is 48.9 Å². The lowest BCUT2D eigenvalue weighted by atomic mass is 9.77. The number of ether oxygens (including phenoxy) is 2. The van der Waals surface area contributed by atoms with Gasteiger partial charge in [0, 0.05) is 5.92 Å². The number of ketones is 1. The van der Waals surface area contributed by atoms with Gasteiger partial charge >= 0.3 is 6.16 Å². The van der Waals surface area contributed by atoms with E-state index in [2.05, 4.69) is 26.1 Å². The molecule has 28 heavy (non-hydrogen) atoms. The molecule has 1 aliphatic heterocycles. The molecule has 0 saturated carbocycles. The Labute approximate surface area is 170 Å². The quantitative estimate of drug-likeness (QED) is 0.298. The van der Waals surface area contributed by atoms with E-state index in [1.54, 1.807) is 6.92 Å². The number of hydrogen-bond donors (Lipinski definition) is 1. The summed E-state index contributed by atoms with van der Waals surface area (Å²) in [6.07, 6.45) is -1.08. The summed E-state index contributed by atoms with van der Waals surface area (Å²) in [5.41, 5.74) is 0. The van der Waals surface area contributed by atoms with Crippen LogP contribution in [-0.4, -0.2) is 51.5 Å². The molecule has 0 aromatic carbocycles. The Bertz CT molecular complexity index is 541. The van der Waals surface area contributed by atoms with Crippen LogP contribution in [0, 0.1) is 17.8 Å². The number of hydrogen-bond acceptors (Lipinski definition) is 6. The van der Waals surface area contributed by atoms with Crippen molar-refractivity contribution in [2.75, 3.05) is 13.2 Å². The fourth-order valence-corrected chi connectivity index (χ4v) is 6.50. The van der Waals surface area contributed by atoms with E-state index in [1.165, 1.54) is 0 Å². The summed E-state index contributed by atoms with van der Waals surface area (Å²) in [6.45, 7) is 13.8. The molecule has 162 valence electrons. The molecule has 0 radical (unpaired) electrons. The minimum atomic E-state index is -1.85. The molecule has 0 bridgehead atoms. The van der Waals surface area contributed by atoms with Gasteiger partial charge in [-0.2, -0.15) is 0 Å². The molecule has 0 aliphatic carbocycles. The molecular formula is C20H37NO6Si. The predicted octanol–water partition coefficient (Wildman–Crippen LogP) is 3.53. The van der Waals surface area contributed by atoms with Crippen LogP contribution in [0.5, 0.6) is 0 Å². The first kappa shape index (κ1) is 24.6. The monoisotopic (exact) mass is 415 g/mol. The average Bonchev–Trinajstić information content (AvgIpc) is 2.65. The van der Waals surface area contributed by atoms with Gasteiger partial charge in [-0.25, -0.2) is 4.79 Å². The summed E-state index contributed by atoms with van der Waals surface area (Å²) in [7, 11) is -1.85. The number of carbonyl (C=O) groups excluding carboxylic acids is 3. The summed E-state index contributed by atoms with van der Waals surface area (Å²) in [6, 6.07) is 2.71. The zero-order valence-electron chi connectivity index (χ0n) is 18.4. The molecule has 8 heteroatoms. The molecule has 1 saturated heterocycles. The summed E-state index contributed by atoms with van der Waals surface area (Å²) in [5.74, 6) is -0.954. The lowest BCUT2D eigenvalue weighted by Crippen LogP contribution is -2.66. The number of nitrogens with one attached hydrogen (secondary N) is 1. The van der Waals surface area contributed by atoms with E-state index in [4.69, 9.17) is 13.9 Å². The van der Waals surface area contributed by atoms with Crippen molar-refractivity contribution in [1.29, 1.82) is 0 Å². The van der Waals surface area contributed by atoms with E-state index in [0.717, 1.165) is 18.1 Å². The summed E-state index contributed by atoms with van der Waals surface area (Å²) >= 11 is 0. The van der Waals surface area contributed by atoms with Crippen molar-refractivity contribution in [2.45, 2.75) is 78.7 Å². The molecule has 1 amide bonds. The first-order valence-electron chi connectivity index (χ1n) is 10.4. The molecule has 1 aliphatic rings. The van der Waals surface area contributed by atoms with Crippen molar-refractivity contribution >= 4 is 26.2 Å². The van der Waals surface area contributed by atoms with E-state index in [1.807, 2.05) is 20.8 Å². The molecule has 0 aromatic rings. The Kier molecular flexibility index (Phi) is 9.63. The highest BCUT2D eigenvalue weighted by Gasteiger charge is 2.49. The van der Waals surface area contributed by atoms with E-state index >= 15 is 0 Å². The van der Waals surface area contributed by atoms with Crippen LogP contribution >= 0.6 is 0 Å². The first-order chi connectivity index (χ1) is 13.1. The van der Waals surface area contributed by atoms with Crippen LogP contribution in [-0.2, 0) is 23.5 Å². The van der Waals surface area contributed by atoms with E-state index in [0.29, 0.717) is 0 Å².